The number of carbonyl (C=O) groups is 1. The molecule has 1 aromatic heterocycles. The van der Waals surface area contributed by atoms with Gasteiger partial charge in [-0.2, -0.15) is 15.2 Å². The van der Waals surface area contributed by atoms with E-state index in [9.17, 15) is 35.8 Å². The molecule has 0 saturated carbocycles. The minimum atomic E-state index is -4.63. The third kappa shape index (κ3) is 8.29. The van der Waals surface area contributed by atoms with Crippen molar-refractivity contribution >= 4 is 43.6 Å². The van der Waals surface area contributed by atoms with E-state index in [4.69, 9.17) is 0 Å². The number of rotatable bonds is 6. The Labute approximate surface area is 303 Å². The fourth-order valence-electron chi connectivity index (χ4n) is 3.82. The smallest absolute Gasteiger partial charge is 0.858 e. The van der Waals surface area contributed by atoms with Crippen LogP contribution in [0.5, 0.6) is 5.88 Å². The van der Waals surface area contributed by atoms with Crippen LogP contribution in [0.15, 0.2) is 80.6 Å². The Balaban J connectivity index is 0.00000280. The molecule has 198 valence electrons. The Hall–Kier alpha value is -1.11. The standard InChI is InChI=1S/C24H22N4O8S2.3Na/c1-14(22-16(3)26-28(24(22)30)18-7-11-20(12-8-18)38(34,35)36)4-13-21-15(2)25-27(23(21)29)17-5-9-19(10-6-17)37(31,32)33;;;/h4-13,29H,1-3H3,(H,31,32,33)(H,34,35,36);;;/q;3*+1/p-3. The summed E-state index contributed by atoms with van der Waals surface area (Å²) in [7, 11) is -9.26. The molecule has 1 amide bonds. The molecule has 0 aliphatic carbocycles. The molecule has 0 saturated heterocycles. The molecule has 17 heteroatoms. The number of benzene rings is 2. The summed E-state index contributed by atoms with van der Waals surface area (Å²) >= 11 is 0. The summed E-state index contributed by atoms with van der Waals surface area (Å²) in [5.74, 6) is -0.974. The molecule has 0 bridgehead atoms. The zero-order valence-corrected chi connectivity index (χ0v) is 30.8. The first kappa shape index (κ1) is 37.9. The molecule has 12 nitrogen and oxygen atoms in total. The molecule has 0 spiro atoms. The van der Waals surface area contributed by atoms with Crippen molar-refractivity contribution < 1.29 is 125 Å². The third-order valence-corrected chi connectivity index (χ3v) is 7.41. The van der Waals surface area contributed by atoms with E-state index in [1.807, 2.05) is 0 Å². The van der Waals surface area contributed by atoms with Crippen LogP contribution >= 0.6 is 0 Å². The zero-order valence-electron chi connectivity index (χ0n) is 23.1. The van der Waals surface area contributed by atoms with E-state index in [0.717, 1.165) is 34.0 Å². The van der Waals surface area contributed by atoms with Crippen molar-refractivity contribution in [1.29, 1.82) is 0 Å². The number of hydrazone groups is 1. The van der Waals surface area contributed by atoms with Gasteiger partial charge in [-0.25, -0.2) is 21.5 Å². The molecule has 2 heterocycles. The number of amides is 1. The van der Waals surface area contributed by atoms with E-state index < -0.39 is 41.8 Å². The molecule has 0 radical (unpaired) electrons. The Morgan fingerprint density at radius 3 is 1.76 bits per heavy atom. The first-order chi connectivity index (χ1) is 17.7. The molecule has 4 rings (SSSR count). The van der Waals surface area contributed by atoms with E-state index in [1.165, 1.54) is 30.3 Å². The van der Waals surface area contributed by atoms with E-state index in [0.29, 0.717) is 17.0 Å². The van der Waals surface area contributed by atoms with E-state index in [2.05, 4.69) is 10.2 Å². The number of aromatic nitrogens is 2. The zero-order chi connectivity index (χ0) is 28.0. The SMILES string of the molecule is CC1=NN(c2ccc(S(=O)(=O)[O-])cc2)C(=O)C1=C(C)C=Cc1c(C)nn(-c2ccc(S(=O)(=O)[O-])cc2)c1[O-].[Na+].[Na+].[Na+]. The molecular formula is C24H19N4Na3O8S2. The van der Waals surface area contributed by atoms with Crippen LogP contribution in [0.4, 0.5) is 5.69 Å². The van der Waals surface area contributed by atoms with Gasteiger partial charge in [0.05, 0.1) is 38.1 Å². The van der Waals surface area contributed by atoms with Gasteiger partial charge in [-0.3, -0.25) is 4.79 Å². The van der Waals surface area contributed by atoms with E-state index in [1.54, 1.807) is 26.8 Å². The number of allylic oxidation sites excluding steroid dienone is 2. The fraction of sp³-hybridized carbons (Fsp3) is 0.125. The second-order valence-electron chi connectivity index (χ2n) is 8.31. The van der Waals surface area contributed by atoms with Gasteiger partial charge in [0.15, 0.2) is 0 Å². The number of carbonyl (C=O) groups excluding carboxylic acids is 1. The largest absolute Gasteiger partial charge is 1.00 e. The number of anilines is 1. The van der Waals surface area contributed by atoms with Gasteiger partial charge >= 0.3 is 88.7 Å². The Kier molecular flexibility index (Phi) is 13.5. The van der Waals surface area contributed by atoms with E-state index in [-0.39, 0.29) is 111 Å². The summed E-state index contributed by atoms with van der Waals surface area (Å²) in [5.41, 5.74) is 2.30. The van der Waals surface area contributed by atoms with E-state index >= 15 is 0 Å². The number of aryl methyl sites for hydroxylation is 1. The van der Waals surface area contributed by atoms with Gasteiger partial charge in [0.2, 0.25) is 0 Å². The molecule has 0 N–H and O–H groups in total. The van der Waals surface area contributed by atoms with Crippen LogP contribution in [0.1, 0.15) is 25.1 Å². The number of hydrogen-bond donors (Lipinski definition) is 0. The number of nitrogens with zero attached hydrogens (tertiary/aromatic N) is 4. The van der Waals surface area contributed by atoms with Crippen molar-refractivity contribution in [3.63, 3.8) is 0 Å². The Morgan fingerprint density at radius 1 is 0.829 bits per heavy atom. The van der Waals surface area contributed by atoms with Gasteiger partial charge in [-0.15, -0.1) is 0 Å². The minimum Gasteiger partial charge on any atom is -0.858 e. The van der Waals surface area contributed by atoms with Crippen LogP contribution in [0, 0.1) is 6.92 Å². The van der Waals surface area contributed by atoms with Gasteiger partial charge in [-0.1, -0.05) is 12.2 Å². The molecule has 0 fully saturated rings. The van der Waals surface area contributed by atoms with Crippen molar-refractivity contribution in [3.8, 4) is 11.6 Å². The van der Waals surface area contributed by atoms with Crippen LogP contribution in [0.25, 0.3) is 11.8 Å². The van der Waals surface area contributed by atoms with Crippen molar-refractivity contribution in [2.75, 3.05) is 5.01 Å². The summed E-state index contributed by atoms with van der Waals surface area (Å²) in [6, 6.07) is 9.55. The van der Waals surface area contributed by atoms with Crippen molar-refractivity contribution in [2.24, 2.45) is 5.10 Å². The summed E-state index contributed by atoms with van der Waals surface area (Å²) < 4.78 is 67.9. The Morgan fingerprint density at radius 2 is 1.29 bits per heavy atom. The van der Waals surface area contributed by atoms with Crippen LogP contribution in [-0.4, -0.2) is 47.3 Å². The monoisotopic (exact) mass is 624 g/mol. The Bertz CT molecular complexity index is 1770. The predicted octanol–water partition coefficient (Wildman–Crippen LogP) is -7.17. The summed E-state index contributed by atoms with van der Waals surface area (Å²) in [6.07, 6.45) is 3.06. The molecule has 0 unspecified atom stereocenters. The van der Waals surface area contributed by atoms with Crippen molar-refractivity contribution in [1.82, 2.24) is 9.78 Å². The molecular weight excluding hydrogens is 605 g/mol. The summed E-state index contributed by atoms with van der Waals surface area (Å²) in [4.78, 5) is 12.2. The van der Waals surface area contributed by atoms with Crippen molar-refractivity contribution in [2.45, 2.75) is 30.6 Å². The first-order valence-corrected chi connectivity index (χ1v) is 13.7. The van der Waals surface area contributed by atoms with Gasteiger partial charge in [0.25, 0.3) is 5.91 Å². The van der Waals surface area contributed by atoms with Gasteiger partial charge in [0, 0.05) is 5.56 Å². The topological polar surface area (TPSA) is 188 Å². The normalized spacial score (nSPS) is 14.7. The molecule has 1 aliphatic rings. The van der Waals surface area contributed by atoms with Crippen LogP contribution in [-0.2, 0) is 25.0 Å². The van der Waals surface area contributed by atoms with Crippen LogP contribution in [0.2, 0.25) is 0 Å². The fourth-order valence-corrected chi connectivity index (χ4v) is 4.76. The maximum atomic E-state index is 13.1. The molecule has 2 aromatic carbocycles. The average molecular weight is 625 g/mol. The second-order valence-corrected chi connectivity index (χ2v) is 11.1. The second kappa shape index (κ2) is 14.6. The average Bonchev–Trinajstić information content (AvgIpc) is 3.30. The molecule has 3 aromatic rings. The first-order valence-electron chi connectivity index (χ1n) is 10.9. The number of hydrogen-bond acceptors (Lipinski definition) is 10. The summed E-state index contributed by atoms with van der Waals surface area (Å²) in [5, 5.41) is 22.5. The quantitative estimate of drug-likeness (QED) is 0.146. The van der Waals surface area contributed by atoms with Crippen molar-refractivity contribution in [3.05, 3.63) is 77.0 Å². The maximum Gasteiger partial charge on any atom is 1.00 e. The molecule has 1 aliphatic heterocycles. The third-order valence-electron chi connectivity index (χ3n) is 5.71. The molecule has 0 atom stereocenters. The predicted molar refractivity (Wildman–Crippen MR) is 132 cm³/mol. The maximum absolute atomic E-state index is 13.1. The van der Waals surface area contributed by atoms with Crippen LogP contribution in [0.3, 0.4) is 0 Å². The van der Waals surface area contributed by atoms with Crippen LogP contribution < -0.4 is 98.8 Å². The molecule has 41 heavy (non-hydrogen) atoms. The minimum absolute atomic E-state index is 0. The van der Waals surface area contributed by atoms with Gasteiger partial charge in [-0.05, 0) is 80.8 Å². The van der Waals surface area contributed by atoms with Gasteiger partial charge < -0.3 is 14.2 Å². The summed E-state index contributed by atoms with van der Waals surface area (Å²) in [6.45, 7) is 4.89. The van der Waals surface area contributed by atoms with Gasteiger partial charge in [0.1, 0.15) is 20.2 Å².